The van der Waals surface area contributed by atoms with Gasteiger partial charge in [0.2, 0.25) is 8.32 Å². The summed E-state index contributed by atoms with van der Waals surface area (Å²) in [6, 6.07) is 0. The third kappa shape index (κ3) is 3.52. The molecule has 0 spiro atoms. The van der Waals surface area contributed by atoms with Crippen molar-refractivity contribution in [2.24, 2.45) is 0 Å². The van der Waals surface area contributed by atoms with Gasteiger partial charge in [-0.2, -0.15) is 0 Å². The van der Waals surface area contributed by atoms with E-state index in [4.69, 9.17) is 4.43 Å². The molecule has 0 heterocycles. The highest BCUT2D eigenvalue weighted by Gasteiger charge is 2.39. The Labute approximate surface area is 95.4 Å². The van der Waals surface area contributed by atoms with Crippen LogP contribution in [-0.4, -0.2) is 8.32 Å². The Balaban J connectivity index is 2.72. The molecule has 86 valence electrons. The summed E-state index contributed by atoms with van der Waals surface area (Å²) in [6.07, 6.45) is 10.2. The maximum absolute atomic E-state index is 6.24. The number of hydrogen-bond donors (Lipinski definition) is 0. The summed E-state index contributed by atoms with van der Waals surface area (Å²) in [5.74, 6) is 1.10. The van der Waals surface area contributed by atoms with Gasteiger partial charge in [-0.15, -0.1) is 0 Å². The maximum Gasteiger partial charge on any atom is 0.250 e. The Morgan fingerprint density at radius 1 is 1.20 bits per heavy atom. The van der Waals surface area contributed by atoms with E-state index in [9.17, 15) is 0 Å². The Hall–Kier alpha value is -0.503. The van der Waals surface area contributed by atoms with Crippen LogP contribution in [0.1, 0.15) is 40.0 Å². The Bertz CT molecular complexity index is 269. The first-order valence-corrected chi connectivity index (χ1v) is 8.79. The van der Waals surface area contributed by atoms with Gasteiger partial charge in [-0.05, 0) is 49.5 Å². The molecule has 1 rings (SSSR count). The quantitative estimate of drug-likeness (QED) is 0.621. The maximum atomic E-state index is 6.24. The van der Waals surface area contributed by atoms with Crippen LogP contribution < -0.4 is 0 Å². The lowest BCUT2D eigenvalue weighted by atomic mass is 10.2. The van der Waals surface area contributed by atoms with Crippen LogP contribution in [-0.2, 0) is 4.43 Å². The van der Waals surface area contributed by atoms with Gasteiger partial charge in [0.25, 0.3) is 0 Å². The lowest BCUT2D eigenvalue weighted by Crippen LogP contribution is -2.40. The standard InChI is InChI=1S/C13H24OSi/c1-13(2,3)15(4,5)14-12-10-8-6-7-9-11-12/h8,10-11H,6-7,9H2,1-5H3. The molecule has 0 saturated heterocycles. The van der Waals surface area contributed by atoms with E-state index in [1.165, 1.54) is 12.8 Å². The van der Waals surface area contributed by atoms with Gasteiger partial charge in [-0.25, -0.2) is 0 Å². The SMILES string of the molecule is CC(C)(C)[Si](C)(C)OC1=CCCCC=C1. The summed E-state index contributed by atoms with van der Waals surface area (Å²) in [5.41, 5.74) is 0. The molecule has 0 unspecified atom stereocenters. The molecule has 2 heteroatoms. The van der Waals surface area contributed by atoms with Crippen molar-refractivity contribution >= 4 is 8.32 Å². The summed E-state index contributed by atoms with van der Waals surface area (Å²) in [7, 11) is -1.63. The fourth-order valence-corrected chi connectivity index (χ4v) is 2.32. The third-order valence-corrected chi connectivity index (χ3v) is 7.74. The van der Waals surface area contributed by atoms with Crippen LogP contribution in [0.5, 0.6) is 0 Å². The van der Waals surface area contributed by atoms with Crippen molar-refractivity contribution in [1.29, 1.82) is 0 Å². The molecule has 0 atom stereocenters. The topological polar surface area (TPSA) is 9.23 Å². The van der Waals surface area contributed by atoms with Crippen molar-refractivity contribution in [2.45, 2.75) is 58.2 Å². The van der Waals surface area contributed by atoms with Crippen LogP contribution in [0.2, 0.25) is 18.1 Å². The molecule has 0 aromatic heterocycles. The van der Waals surface area contributed by atoms with Crippen molar-refractivity contribution < 1.29 is 4.43 Å². The zero-order valence-corrected chi connectivity index (χ0v) is 11.8. The molecule has 0 amide bonds. The van der Waals surface area contributed by atoms with Gasteiger partial charge in [-0.3, -0.25) is 0 Å². The largest absolute Gasteiger partial charge is 0.544 e. The van der Waals surface area contributed by atoms with Crippen molar-refractivity contribution in [3.8, 4) is 0 Å². The Kier molecular flexibility index (Phi) is 3.82. The third-order valence-electron chi connectivity index (χ3n) is 3.38. The molecular weight excluding hydrogens is 200 g/mol. The van der Waals surface area contributed by atoms with E-state index in [-0.39, 0.29) is 5.04 Å². The Morgan fingerprint density at radius 3 is 2.47 bits per heavy atom. The van der Waals surface area contributed by atoms with E-state index in [1.807, 2.05) is 0 Å². The highest BCUT2D eigenvalue weighted by molar-refractivity contribution is 6.74. The average Bonchev–Trinajstić information content (AvgIpc) is 2.30. The van der Waals surface area contributed by atoms with Crippen LogP contribution in [0.3, 0.4) is 0 Å². The Morgan fingerprint density at radius 2 is 1.87 bits per heavy atom. The summed E-state index contributed by atoms with van der Waals surface area (Å²) in [6.45, 7) is 11.4. The molecule has 0 aromatic carbocycles. The lowest BCUT2D eigenvalue weighted by molar-refractivity contribution is 0.398. The van der Waals surface area contributed by atoms with Crippen molar-refractivity contribution in [3.05, 3.63) is 24.0 Å². The molecule has 0 radical (unpaired) electrons. The zero-order valence-electron chi connectivity index (χ0n) is 10.8. The predicted molar refractivity (Wildman–Crippen MR) is 69.4 cm³/mol. The summed E-state index contributed by atoms with van der Waals surface area (Å²) < 4.78 is 6.24. The van der Waals surface area contributed by atoms with Crippen LogP contribution in [0.4, 0.5) is 0 Å². The van der Waals surface area contributed by atoms with Gasteiger partial charge in [0.15, 0.2) is 0 Å². The van der Waals surface area contributed by atoms with E-state index in [2.05, 4.69) is 52.1 Å². The minimum atomic E-state index is -1.63. The summed E-state index contributed by atoms with van der Waals surface area (Å²) in [5, 5.41) is 0.286. The van der Waals surface area contributed by atoms with Crippen molar-refractivity contribution in [2.75, 3.05) is 0 Å². The minimum Gasteiger partial charge on any atom is -0.544 e. The smallest absolute Gasteiger partial charge is 0.250 e. The molecule has 1 nitrogen and oxygen atoms in total. The van der Waals surface area contributed by atoms with Gasteiger partial charge in [0.05, 0.1) is 5.76 Å². The molecule has 15 heavy (non-hydrogen) atoms. The lowest BCUT2D eigenvalue weighted by Gasteiger charge is -2.36. The molecule has 0 saturated carbocycles. The molecule has 0 aromatic rings. The number of allylic oxidation sites excluding steroid dienone is 3. The van der Waals surface area contributed by atoms with Crippen molar-refractivity contribution in [1.82, 2.24) is 0 Å². The first kappa shape index (κ1) is 12.6. The normalized spacial score (nSPS) is 18.3. The molecule has 0 bridgehead atoms. The van der Waals surface area contributed by atoms with Gasteiger partial charge in [0.1, 0.15) is 0 Å². The fraction of sp³-hybridized carbons (Fsp3) is 0.692. The minimum absolute atomic E-state index is 0.286. The first-order valence-electron chi connectivity index (χ1n) is 5.89. The van der Waals surface area contributed by atoms with Crippen LogP contribution in [0.15, 0.2) is 24.0 Å². The van der Waals surface area contributed by atoms with E-state index < -0.39 is 8.32 Å². The second kappa shape index (κ2) is 4.56. The fourth-order valence-electron chi connectivity index (χ4n) is 1.27. The molecule has 0 N–H and O–H groups in total. The number of hydrogen-bond acceptors (Lipinski definition) is 1. The van der Waals surface area contributed by atoms with Crippen LogP contribution >= 0.6 is 0 Å². The zero-order chi connectivity index (χ0) is 11.5. The van der Waals surface area contributed by atoms with Gasteiger partial charge >= 0.3 is 0 Å². The van der Waals surface area contributed by atoms with E-state index in [1.54, 1.807) is 0 Å². The highest BCUT2D eigenvalue weighted by Crippen LogP contribution is 2.38. The van der Waals surface area contributed by atoms with Gasteiger partial charge < -0.3 is 4.43 Å². The van der Waals surface area contributed by atoms with Crippen molar-refractivity contribution in [3.63, 3.8) is 0 Å². The van der Waals surface area contributed by atoms with Gasteiger partial charge in [-0.1, -0.05) is 26.8 Å². The molecule has 0 aliphatic heterocycles. The van der Waals surface area contributed by atoms with E-state index in [0.717, 1.165) is 12.2 Å². The summed E-state index contributed by atoms with van der Waals surface area (Å²) in [4.78, 5) is 0. The molecule has 0 fully saturated rings. The molecule has 1 aliphatic rings. The highest BCUT2D eigenvalue weighted by atomic mass is 28.4. The summed E-state index contributed by atoms with van der Waals surface area (Å²) >= 11 is 0. The van der Waals surface area contributed by atoms with E-state index >= 15 is 0 Å². The molecule has 1 aliphatic carbocycles. The van der Waals surface area contributed by atoms with Crippen LogP contribution in [0, 0.1) is 0 Å². The number of rotatable bonds is 2. The monoisotopic (exact) mass is 224 g/mol. The predicted octanol–water partition coefficient (Wildman–Crippen LogP) is 4.63. The average molecular weight is 224 g/mol. The second-order valence-corrected chi connectivity index (χ2v) is 10.5. The molecular formula is C13H24OSi. The first-order chi connectivity index (χ1) is 6.83. The van der Waals surface area contributed by atoms with Gasteiger partial charge in [0, 0.05) is 0 Å². The van der Waals surface area contributed by atoms with Crippen LogP contribution in [0.25, 0.3) is 0 Å². The van der Waals surface area contributed by atoms with E-state index in [0.29, 0.717) is 0 Å². The second-order valence-electron chi connectivity index (χ2n) is 5.80.